The van der Waals surface area contributed by atoms with E-state index >= 15 is 0 Å². The van der Waals surface area contributed by atoms with E-state index in [-0.39, 0.29) is 18.4 Å². The van der Waals surface area contributed by atoms with Crippen LogP contribution in [0.1, 0.15) is 32.6 Å². The second-order valence-corrected chi connectivity index (χ2v) is 5.58. The standard InChI is InChI=1S/C15H29N3O3/c1-3-13(6-7-16)4-5-14(19)17-8-10-18(11-9-17)15(20)12-21-2/h13H,3-12,16H2,1-2H3. The maximum Gasteiger partial charge on any atom is 0.248 e. The third kappa shape index (κ3) is 6.01. The van der Waals surface area contributed by atoms with Gasteiger partial charge in [-0.2, -0.15) is 0 Å². The molecule has 1 fully saturated rings. The lowest BCUT2D eigenvalue weighted by atomic mass is 9.96. The molecule has 0 aromatic rings. The first-order valence-electron chi connectivity index (χ1n) is 7.86. The van der Waals surface area contributed by atoms with Crippen LogP contribution in [0.5, 0.6) is 0 Å². The van der Waals surface area contributed by atoms with Crippen LogP contribution in [0, 0.1) is 5.92 Å². The van der Waals surface area contributed by atoms with Crippen LogP contribution in [-0.4, -0.2) is 68.1 Å². The largest absolute Gasteiger partial charge is 0.375 e. The highest BCUT2D eigenvalue weighted by Gasteiger charge is 2.24. The molecule has 0 aliphatic carbocycles. The Morgan fingerprint density at radius 2 is 1.67 bits per heavy atom. The summed E-state index contributed by atoms with van der Waals surface area (Å²) in [5.41, 5.74) is 5.58. The number of carbonyl (C=O) groups is 2. The number of ether oxygens (including phenoxy) is 1. The van der Waals surface area contributed by atoms with E-state index in [1.165, 1.54) is 7.11 Å². The summed E-state index contributed by atoms with van der Waals surface area (Å²) in [5, 5.41) is 0. The van der Waals surface area contributed by atoms with E-state index in [4.69, 9.17) is 10.5 Å². The number of piperazine rings is 1. The molecule has 0 aromatic carbocycles. The van der Waals surface area contributed by atoms with Crippen LogP contribution in [-0.2, 0) is 14.3 Å². The van der Waals surface area contributed by atoms with Crippen LogP contribution in [0.2, 0.25) is 0 Å². The molecule has 0 saturated carbocycles. The summed E-state index contributed by atoms with van der Waals surface area (Å²) in [4.78, 5) is 27.5. The molecule has 1 aliphatic rings. The first-order chi connectivity index (χ1) is 10.1. The Morgan fingerprint density at radius 1 is 1.10 bits per heavy atom. The molecule has 21 heavy (non-hydrogen) atoms. The Labute approximate surface area is 127 Å². The molecule has 1 unspecified atom stereocenters. The zero-order chi connectivity index (χ0) is 15.7. The smallest absolute Gasteiger partial charge is 0.248 e. The molecular weight excluding hydrogens is 270 g/mol. The van der Waals surface area contributed by atoms with Gasteiger partial charge in [0.15, 0.2) is 0 Å². The SMILES string of the molecule is CCC(CCN)CCC(=O)N1CCN(C(=O)COC)CC1. The highest BCUT2D eigenvalue weighted by molar-refractivity contribution is 5.79. The number of hydrogen-bond acceptors (Lipinski definition) is 4. The average molecular weight is 299 g/mol. The van der Waals surface area contributed by atoms with E-state index in [9.17, 15) is 9.59 Å². The van der Waals surface area contributed by atoms with Crippen LogP contribution >= 0.6 is 0 Å². The zero-order valence-electron chi connectivity index (χ0n) is 13.3. The summed E-state index contributed by atoms with van der Waals surface area (Å²) in [6, 6.07) is 0. The molecule has 2 N–H and O–H groups in total. The Morgan fingerprint density at radius 3 is 2.14 bits per heavy atom. The number of nitrogens with two attached hydrogens (primary N) is 1. The van der Waals surface area contributed by atoms with E-state index in [1.54, 1.807) is 4.90 Å². The topological polar surface area (TPSA) is 75.9 Å². The molecule has 0 aromatic heterocycles. The first-order valence-corrected chi connectivity index (χ1v) is 7.86. The maximum atomic E-state index is 12.2. The highest BCUT2D eigenvalue weighted by atomic mass is 16.5. The van der Waals surface area contributed by atoms with Gasteiger partial charge in [-0.1, -0.05) is 13.3 Å². The number of carbonyl (C=O) groups excluding carboxylic acids is 2. The molecule has 2 amide bonds. The molecule has 1 heterocycles. The number of hydrogen-bond donors (Lipinski definition) is 1. The van der Waals surface area contributed by atoms with Crippen molar-refractivity contribution in [1.82, 2.24) is 9.80 Å². The lowest BCUT2D eigenvalue weighted by molar-refractivity contribution is -0.142. The zero-order valence-corrected chi connectivity index (χ0v) is 13.3. The number of rotatable bonds is 8. The van der Waals surface area contributed by atoms with Gasteiger partial charge >= 0.3 is 0 Å². The molecule has 1 atom stereocenters. The van der Waals surface area contributed by atoms with E-state index in [2.05, 4.69) is 6.92 Å². The fourth-order valence-electron chi connectivity index (χ4n) is 2.69. The normalized spacial score (nSPS) is 16.9. The number of amides is 2. The van der Waals surface area contributed by atoms with Crippen LogP contribution in [0.3, 0.4) is 0 Å². The summed E-state index contributed by atoms with van der Waals surface area (Å²) in [6.45, 7) is 5.41. The molecule has 1 aliphatic heterocycles. The summed E-state index contributed by atoms with van der Waals surface area (Å²) < 4.78 is 4.85. The summed E-state index contributed by atoms with van der Waals surface area (Å²) in [6.07, 6.45) is 3.56. The van der Waals surface area contributed by atoms with Crippen LogP contribution in [0.4, 0.5) is 0 Å². The van der Waals surface area contributed by atoms with E-state index in [0.29, 0.717) is 45.1 Å². The molecule has 0 radical (unpaired) electrons. The van der Waals surface area contributed by atoms with Crippen molar-refractivity contribution in [3.8, 4) is 0 Å². The van der Waals surface area contributed by atoms with Gasteiger partial charge in [-0.25, -0.2) is 0 Å². The van der Waals surface area contributed by atoms with Gasteiger partial charge in [0.25, 0.3) is 0 Å². The van der Waals surface area contributed by atoms with Gasteiger partial charge in [0.05, 0.1) is 0 Å². The van der Waals surface area contributed by atoms with Crippen molar-refractivity contribution in [2.45, 2.75) is 32.6 Å². The fourth-order valence-corrected chi connectivity index (χ4v) is 2.69. The minimum atomic E-state index is -0.00130. The van der Waals surface area contributed by atoms with Gasteiger partial charge in [0, 0.05) is 39.7 Å². The van der Waals surface area contributed by atoms with Crippen LogP contribution < -0.4 is 5.73 Å². The van der Waals surface area contributed by atoms with Gasteiger partial charge in [-0.05, 0) is 25.3 Å². The Hall–Kier alpha value is -1.14. The molecular formula is C15H29N3O3. The molecule has 1 rings (SSSR count). The van der Waals surface area contributed by atoms with Crippen LogP contribution in [0.15, 0.2) is 0 Å². The highest BCUT2D eigenvalue weighted by Crippen LogP contribution is 2.16. The second-order valence-electron chi connectivity index (χ2n) is 5.58. The van der Waals surface area contributed by atoms with Gasteiger partial charge in [-0.15, -0.1) is 0 Å². The summed E-state index contributed by atoms with van der Waals surface area (Å²) >= 11 is 0. The Bertz CT molecular complexity index is 328. The lowest BCUT2D eigenvalue weighted by Gasteiger charge is -2.35. The van der Waals surface area contributed by atoms with Crippen LogP contribution in [0.25, 0.3) is 0 Å². The summed E-state index contributed by atoms with van der Waals surface area (Å²) in [5.74, 6) is 0.742. The van der Waals surface area contributed by atoms with Crippen molar-refractivity contribution in [3.63, 3.8) is 0 Å². The second kappa shape index (κ2) is 9.73. The minimum Gasteiger partial charge on any atom is -0.375 e. The third-order valence-electron chi connectivity index (χ3n) is 4.17. The number of nitrogens with zero attached hydrogens (tertiary/aromatic N) is 2. The predicted octanol–water partition coefficient (Wildman–Crippen LogP) is 0.459. The Kier molecular flexibility index (Phi) is 8.30. The monoisotopic (exact) mass is 299 g/mol. The number of methoxy groups -OCH3 is 1. The molecule has 1 saturated heterocycles. The Balaban J connectivity index is 2.30. The molecule has 6 heteroatoms. The van der Waals surface area contributed by atoms with Crippen molar-refractivity contribution in [3.05, 3.63) is 0 Å². The molecule has 122 valence electrons. The van der Waals surface area contributed by atoms with Gasteiger partial charge in [0.2, 0.25) is 11.8 Å². The first kappa shape index (κ1) is 17.9. The average Bonchev–Trinajstić information content (AvgIpc) is 2.51. The van der Waals surface area contributed by atoms with Crippen molar-refractivity contribution in [1.29, 1.82) is 0 Å². The van der Waals surface area contributed by atoms with E-state index in [0.717, 1.165) is 19.3 Å². The maximum absolute atomic E-state index is 12.2. The van der Waals surface area contributed by atoms with Gasteiger partial charge < -0.3 is 20.3 Å². The lowest BCUT2D eigenvalue weighted by Crippen LogP contribution is -2.51. The molecule has 0 bridgehead atoms. The quantitative estimate of drug-likeness (QED) is 0.706. The van der Waals surface area contributed by atoms with E-state index in [1.807, 2.05) is 4.90 Å². The van der Waals surface area contributed by atoms with Crippen molar-refractivity contribution < 1.29 is 14.3 Å². The third-order valence-corrected chi connectivity index (χ3v) is 4.17. The fraction of sp³-hybridized carbons (Fsp3) is 0.867. The van der Waals surface area contributed by atoms with Crippen molar-refractivity contribution >= 4 is 11.8 Å². The summed E-state index contributed by atoms with van der Waals surface area (Å²) in [7, 11) is 1.52. The van der Waals surface area contributed by atoms with Gasteiger partial charge in [-0.3, -0.25) is 9.59 Å². The molecule has 0 spiro atoms. The van der Waals surface area contributed by atoms with Crippen molar-refractivity contribution in [2.75, 3.05) is 46.4 Å². The molecule has 6 nitrogen and oxygen atoms in total. The van der Waals surface area contributed by atoms with Crippen molar-refractivity contribution in [2.24, 2.45) is 11.7 Å². The van der Waals surface area contributed by atoms with Gasteiger partial charge in [0.1, 0.15) is 6.61 Å². The van der Waals surface area contributed by atoms with E-state index < -0.39 is 0 Å². The minimum absolute atomic E-state index is 0.00130. The predicted molar refractivity (Wildman–Crippen MR) is 81.7 cm³/mol.